The fourth-order valence-electron chi connectivity index (χ4n) is 1.92. The zero-order valence-corrected chi connectivity index (χ0v) is 9.10. The molecule has 0 saturated heterocycles. The number of fused-ring (bicyclic) bond motifs is 1. The van der Waals surface area contributed by atoms with Gasteiger partial charge in [0, 0.05) is 24.8 Å². The third kappa shape index (κ3) is 1.47. The van der Waals surface area contributed by atoms with E-state index in [4.69, 9.17) is 4.74 Å². The third-order valence-electron chi connectivity index (χ3n) is 2.82. The Bertz CT molecular complexity index is 480. The van der Waals surface area contributed by atoms with Crippen LogP contribution in [0.15, 0.2) is 30.5 Å². The van der Waals surface area contributed by atoms with Crippen LogP contribution < -0.4 is 10.1 Å². The minimum atomic E-state index is 0.866. The maximum atomic E-state index is 5.13. The predicted molar refractivity (Wildman–Crippen MR) is 60.7 cm³/mol. The molecule has 0 amide bonds. The summed E-state index contributed by atoms with van der Waals surface area (Å²) < 4.78 is 7.05. The first-order chi connectivity index (χ1) is 7.86. The van der Waals surface area contributed by atoms with Gasteiger partial charge in [-0.25, -0.2) is 4.68 Å². The Labute approximate surface area is 93.8 Å². The van der Waals surface area contributed by atoms with Crippen molar-refractivity contribution in [2.75, 3.05) is 7.11 Å². The summed E-state index contributed by atoms with van der Waals surface area (Å²) in [6.07, 6.45) is 2.08. The van der Waals surface area contributed by atoms with E-state index < -0.39 is 0 Å². The fourth-order valence-corrected chi connectivity index (χ4v) is 1.92. The SMILES string of the molecule is COc1ccc(-n2cc3c(n2)CNC3)cc1. The van der Waals surface area contributed by atoms with Gasteiger partial charge in [-0.15, -0.1) is 0 Å². The number of methoxy groups -OCH3 is 1. The Kier molecular flexibility index (Phi) is 2.15. The van der Waals surface area contributed by atoms with E-state index in [2.05, 4.69) is 16.6 Å². The van der Waals surface area contributed by atoms with Gasteiger partial charge in [0.2, 0.25) is 0 Å². The van der Waals surface area contributed by atoms with E-state index in [0.29, 0.717) is 0 Å². The number of hydrogen-bond donors (Lipinski definition) is 1. The van der Waals surface area contributed by atoms with Crippen molar-refractivity contribution in [2.24, 2.45) is 0 Å². The lowest BCUT2D eigenvalue weighted by atomic mass is 10.3. The highest BCUT2D eigenvalue weighted by Gasteiger charge is 2.14. The Morgan fingerprint density at radius 1 is 1.25 bits per heavy atom. The highest BCUT2D eigenvalue weighted by atomic mass is 16.5. The molecule has 2 heterocycles. The molecule has 4 heteroatoms. The molecule has 0 aliphatic carbocycles. The first-order valence-electron chi connectivity index (χ1n) is 5.29. The topological polar surface area (TPSA) is 39.1 Å². The van der Waals surface area contributed by atoms with E-state index in [9.17, 15) is 0 Å². The first-order valence-corrected chi connectivity index (χ1v) is 5.29. The molecule has 0 fully saturated rings. The molecule has 2 aromatic rings. The third-order valence-corrected chi connectivity index (χ3v) is 2.82. The van der Waals surface area contributed by atoms with Crippen molar-refractivity contribution in [3.8, 4) is 11.4 Å². The predicted octanol–water partition coefficient (Wildman–Crippen LogP) is 1.48. The summed E-state index contributed by atoms with van der Waals surface area (Å²) >= 11 is 0. The second-order valence-corrected chi connectivity index (χ2v) is 3.85. The van der Waals surface area contributed by atoms with E-state index in [1.54, 1.807) is 7.11 Å². The van der Waals surface area contributed by atoms with Crippen LogP contribution in [0.3, 0.4) is 0 Å². The maximum absolute atomic E-state index is 5.13. The minimum Gasteiger partial charge on any atom is -0.497 e. The van der Waals surface area contributed by atoms with E-state index in [0.717, 1.165) is 30.2 Å². The molecule has 0 spiro atoms. The van der Waals surface area contributed by atoms with Crippen LogP contribution in [0.25, 0.3) is 5.69 Å². The van der Waals surface area contributed by atoms with Crippen molar-refractivity contribution in [3.05, 3.63) is 41.7 Å². The summed E-state index contributed by atoms with van der Waals surface area (Å²) in [7, 11) is 1.67. The number of rotatable bonds is 2. The van der Waals surface area contributed by atoms with Crippen LogP contribution in [0.1, 0.15) is 11.3 Å². The molecule has 1 aromatic heterocycles. The molecule has 4 nitrogen and oxygen atoms in total. The monoisotopic (exact) mass is 215 g/mol. The average Bonchev–Trinajstić information content (AvgIpc) is 2.89. The Morgan fingerprint density at radius 3 is 2.75 bits per heavy atom. The van der Waals surface area contributed by atoms with Gasteiger partial charge in [0.15, 0.2) is 0 Å². The van der Waals surface area contributed by atoms with E-state index in [-0.39, 0.29) is 0 Å². The minimum absolute atomic E-state index is 0.866. The Morgan fingerprint density at radius 2 is 2.06 bits per heavy atom. The summed E-state index contributed by atoms with van der Waals surface area (Å²) in [6, 6.07) is 7.91. The summed E-state index contributed by atoms with van der Waals surface area (Å²) in [5, 5.41) is 7.80. The smallest absolute Gasteiger partial charge is 0.119 e. The molecule has 0 unspecified atom stereocenters. The molecule has 0 atom stereocenters. The van der Waals surface area contributed by atoms with Crippen LogP contribution >= 0.6 is 0 Å². The van der Waals surface area contributed by atoms with Crippen molar-refractivity contribution in [2.45, 2.75) is 13.1 Å². The van der Waals surface area contributed by atoms with Crippen LogP contribution in [0.5, 0.6) is 5.75 Å². The van der Waals surface area contributed by atoms with Gasteiger partial charge in [-0.1, -0.05) is 0 Å². The number of aromatic nitrogens is 2. The van der Waals surface area contributed by atoms with Crippen LogP contribution in [0, 0.1) is 0 Å². The maximum Gasteiger partial charge on any atom is 0.119 e. The standard InChI is InChI=1S/C12H13N3O/c1-16-11-4-2-10(3-5-11)15-8-9-6-13-7-12(9)14-15/h2-5,8,13H,6-7H2,1H3. The number of hydrogen-bond acceptors (Lipinski definition) is 3. The molecule has 1 N–H and O–H groups in total. The highest BCUT2D eigenvalue weighted by molar-refractivity contribution is 5.38. The molecule has 0 bridgehead atoms. The van der Waals surface area contributed by atoms with Gasteiger partial charge < -0.3 is 10.1 Å². The van der Waals surface area contributed by atoms with Crippen molar-refractivity contribution in [1.82, 2.24) is 15.1 Å². The lowest BCUT2D eigenvalue weighted by Crippen LogP contribution is -2.05. The van der Waals surface area contributed by atoms with E-state index in [1.165, 1.54) is 5.56 Å². The van der Waals surface area contributed by atoms with Gasteiger partial charge in [-0.05, 0) is 24.3 Å². The average molecular weight is 215 g/mol. The molecule has 82 valence electrons. The fraction of sp³-hybridized carbons (Fsp3) is 0.250. The molecule has 1 aliphatic heterocycles. The molecular formula is C12H13N3O. The van der Waals surface area contributed by atoms with Crippen LogP contribution in [0.4, 0.5) is 0 Å². The molecule has 16 heavy (non-hydrogen) atoms. The van der Waals surface area contributed by atoms with Gasteiger partial charge in [0.25, 0.3) is 0 Å². The summed E-state index contributed by atoms with van der Waals surface area (Å²) in [5.41, 5.74) is 3.50. The second-order valence-electron chi connectivity index (χ2n) is 3.85. The van der Waals surface area contributed by atoms with Gasteiger partial charge in [0.05, 0.1) is 18.5 Å². The van der Waals surface area contributed by atoms with Crippen LogP contribution in [-0.2, 0) is 13.1 Å². The van der Waals surface area contributed by atoms with Crippen molar-refractivity contribution in [3.63, 3.8) is 0 Å². The normalized spacial score (nSPS) is 13.8. The summed E-state index contributed by atoms with van der Waals surface area (Å²) in [5.74, 6) is 0.866. The molecule has 0 radical (unpaired) electrons. The van der Waals surface area contributed by atoms with E-state index >= 15 is 0 Å². The molecule has 1 aromatic carbocycles. The van der Waals surface area contributed by atoms with E-state index in [1.807, 2.05) is 28.9 Å². The number of nitrogens with one attached hydrogen (secondary N) is 1. The van der Waals surface area contributed by atoms with Crippen molar-refractivity contribution >= 4 is 0 Å². The quantitative estimate of drug-likeness (QED) is 0.824. The molecule has 1 aliphatic rings. The zero-order chi connectivity index (χ0) is 11.0. The highest BCUT2D eigenvalue weighted by Crippen LogP contribution is 2.18. The number of benzene rings is 1. The van der Waals surface area contributed by atoms with Gasteiger partial charge in [0.1, 0.15) is 5.75 Å². The molecule has 0 saturated carbocycles. The zero-order valence-electron chi connectivity index (χ0n) is 9.10. The number of nitrogens with zero attached hydrogens (tertiary/aromatic N) is 2. The lowest BCUT2D eigenvalue weighted by Gasteiger charge is -2.03. The van der Waals surface area contributed by atoms with Gasteiger partial charge in [-0.2, -0.15) is 5.10 Å². The Hall–Kier alpha value is -1.81. The molecular weight excluding hydrogens is 202 g/mol. The van der Waals surface area contributed by atoms with Crippen molar-refractivity contribution < 1.29 is 4.74 Å². The largest absolute Gasteiger partial charge is 0.497 e. The van der Waals surface area contributed by atoms with Gasteiger partial charge >= 0.3 is 0 Å². The van der Waals surface area contributed by atoms with Crippen LogP contribution in [-0.4, -0.2) is 16.9 Å². The first kappa shape index (κ1) is 9.42. The second kappa shape index (κ2) is 3.64. The van der Waals surface area contributed by atoms with Crippen molar-refractivity contribution in [1.29, 1.82) is 0 Å². The van der Waals surface area contributed by atoms with Gasteiger partial charge in [-0.3, -0.25) is 0 Å². The summed E-state index contributed by atoms with van der Waals surface area (Å²) in [6.45, 7) is 1.80. The van der Waals surface area contributed by atoms with Crippen LogP contribution in [0.2, 0.25) is 0 Å². The number of ether oxygens (including phenoxy) is 1. The Balaban J connectivity index is 1.95. The lowest BCUT2D eigenvalue weighted by molar-refractivity contribution is 0.414. The summed E-state index contributed by atoms with van der Waals surface area (Å²) in [4.78, 5) is 0. The molecule has 3 rings (SSSR count).